The van der Waals surface area contributed by atoms with Crippen molar-refractivity contribution >= 4 is 0 Å². The lowest BCUT2D eigenvalue weighted by Gasteiger charge is -2.28. The zero-order valence-corrected chi connectivity index (χ0v) is 14.0. The molecule has 0 aromatic rings. The molecule has 0 unspecified atom stereocenters. The molecule has 2 N–H and O–H groups in total. The fourth-order valence-electron chi connectivity index (χ4n) is 4.05. The average Bonchev–Trinajstić information content (AvgIpc) is 2.48. The molecule has 0 aromatic heterocycles. The molecule has 2 aliphatic carbocycles. The summed E-state index contributed by atoms with van der Waals surface area (Å²) in [6.07, 6.45) is 20.3. The maximum Gasteiger partial charge on any atom is 0.0540 e. The topological polar surface area (TPSA) is 32.3 Å². The van der Waals surface area contributed by atoms with Gasteiger partial charge in [0.05, 0.1) is 6.10 Å². The van der Waals surface area contributed by atoms with Gasteiger partial charge in [0.25, 0.3) is 0 Å². The smallest absolute Gasteiger partial charge is 0.0540 e. The first kappa shape index (κ1) is 17.3. The maximum atomic E-state index is 9.60. The van der Waals surface area contributed by atoms with Gasteiger partial charge >= 0.3 is 0 Å². The normalized spacial score (nSPS) is 31.3. The van der Waals surface area contributed by atoms with E-state index < -0.39 is 0 Å². The van der Waals surface area contributed by atoms with Crippen molar-refractivity contribution in [2.45, 2.75) is 108 Å². The van der Waals surface area contributed by atoms with Crippen LogP contribution in [0, 0.1) is 5.92 Å². The lowest BCUT2D eigenvalue weighted by Crippen LogP contribution is -2.35. The summed E-state index contributed by atoms with van der Waals surface area (Å²) in [5, 5.41) is 13.5. The van der Waals surface area contributed by atoms with Crippen LogP contribution in [0.15, 0.2) is 0 Å². The van der Waals surface area contributed by atoms with Gasteiger partial charge in [-0.2, -0.15) is 0 Å². The molecular formula is C19H37NO. The van der Waals surface area contributed by atoms with Gasteiger partial charge in [-0.05, 0) is 51.0 Å². The van der Waals surface area contributed by atoms with Crippen molar-refractivity contribution in [3.8, 4) is 0 Å². The first-order valence-electron chi connectivity index (χ1n) is 9.76. The van der Waals surface area contributed by atoms with Gasteiger partial charge in [0.1, 0.15) is 0 Å². The van der Waals surface area contributed by atoms with E-state index in [4.69, 9.17) is 0 Å². The molecule has 2 fully saturated rings. The molecule has 0 heterocycles. The van der Waals surface area contributed by atoms with Crippen molar-refractivity contribution in [1.82, 2.24) is 5.32 Å². The Bertz CT molecular complexity index is 236. The van der Waals surface area contributed by atoms with Gasteiger partial charge in [0.15, 0.2) is 0 Å². The molecule has 0 spiro atoms. The van der Waals surface area contributed by atoms with E-state index in [-0.39, 0.29) is 6.10 Å². The van der Waals surface area contributed by atoms with Crippen LogP contribution < -0.4 is 5.32 Å². The Labute approximate surface area is 132 Å². The molecule has 0 saturated heterocycles. The maximum absolute atomic E-state index is 9.60. The van der Waals surface area contributed by atoms with E-state index in [9.17, 15) is 5.11 Å². The molecule has 2 heteroatoms. The van der Waals surface area contributed by atoms with Gasteiger partial charge in [-0.15, -0.1) is 0 Å². The predicted octanol–water partition coefficient (Wildman–Crippen LogP) is 4.80. The average molecular weight is 296 g/mol. The lowest BCUT2D eigenvalue weighted by atomic mass is 9.87. The largest absolute Gasteiger partial charge is 0.393 e. The molecule has 0 radical (unpaired) electrons. The molecule has 0 bridgehead atoms. The Kier molecular flexibility index (Phi) is 8.73. The third-order valence-electron chi connectivity index (χ3n) is 5.62. The standard InChI is InChI=1S/C19H37NO/c21-19-14-12-17(13-15-19)16-20-18-10-8-6-4-2-1-3-5-7-9-11-18/h17-21H,1-16H2. The molecule has 0 atom stereocenters. The van der Waals surface area contributed by atoms with E-state index in [2.05, 4.69) is 5.32 Å². The molecule has 0 aromatic carbocycles. The highest BCUT2D eigenvalue weighted by Crippen LogP contribution is 2.24. The Morgan fingerprint density at radius 3 is 1.62 bits per heavy atom. The summed E-state index contributed by atoms with van der Waals surface area (Å²) < 4.78 is 0. The summed E-state index contributed by atoms with van der Waals surface area (Å²) in [6.45, 7) is 1.19. The molecule has 2 saturated carbocycles. The summed E-state index contributed by atoms with van der Waals surface area (Å²) in [7, 11) is 0. The van der Waals surface area contributed by atoms with Crippen LogP contribution in [0.25, 0.3) is 0 Å². The first-order valence-corrected chi connectivity index (χ1v) is 9.76. The van der Waals surface area contributed by atoms with Crippen LogP contribution in [0.1, 0.15) is 96.3 Å². The highest BCUT2D eigenvalue weighted by molar-refractivity contribution is 4.76. The van der Waals surface area contributed by atoms with Crippen molar-refractivity contribution in [3.05, 3.63) is 0 Å². The van der Waals surface area contributed by atoms with Gasteiger partial charge < -0.3 is 10.4 Å². The summed E-state index contributed by atoms with van der Waals surface area (Å²) in [6, 6.07) is 0.760. The summed E-state index contributed by atoms with van der Waals surface area (Å²) in [5.74, 6) is 0.815. The number of aliphatic hydroxyl groups is 1. The van der Waals surface area contributed by atoms with E-state index in [0.29, 0.717) is 0 Å². The Hall–Kier alpha value is -0.0800. The summed E-state index contributed by atoms with van der Waals surface area (Å²) in [4.78, 5) is 0. The second-order valence-corrected chi connectivity index (χ2v) is 7.54. The van der Waals surface area contributed by atoms with Crippen molar-refractivity contribution in [1.29, 1.82) is 0 Å². The molecule has 0 aliphatic heterocycles. The second-order valence-electron chi connectivity index (χ2n) is 7.54. The fourth-order valence-corrected chi connectivity index (χ4v) is 4.05. The molecule has 2 rings (SSSR count). The van der Waals surface area contributed by atoms with E-state index in [1.54, 1.807) is 0 Å². The van der Waals surface area contributed by atoms with Crippen LogP contribution in [-0.4, -0.2) is 23.8 Å². The minimum Gasteiger partial charge on any atom is -0.393 e. The molecular weight excluding hydrogens is 258 g/mol. The zero-order chi connectivity index (χ0) is 14.8. The minimum atomic E-state index is -0.0115. The highest BCUT2D eigenvalue weighted by atomic mass is 16.3. The van der Waals surface area contributed by atoms with Gasteiger partial charge in [-0.3, -0.25) is 0 Å². The summed E-state index contributed by atoms with van der Waals surface area (Å²) in [5.41, 5.74) is 0. The second kappa shape index (κ2) is 10.6. The Balaban J connectivity index is 1.65. The highest BCUT2D eigenvalue weighted by Gasteiger charge is 2.20. The zero-order valence-electron chi connectivity index (χ0n) is 14.0. The van der Waals surface area contributed by atoms with Crippen molar-refractivity contribution in [2.75, 3.05) is 6.54 Å². The SMILES string of the molecule is OC1CCC(CNC2CCCCCCCCCCC2)CC1. The molecule has 124 valence electrons. The number of aliphatic hydroxyl groups excluding tert-OH is 1. The molecule has 0 amide bonds. The van der Waals surface area contributed by atoms with Crippen LogP contribution in [0.2, 0.25) is 0 Å². The third kappa shape index (κ3) is 7.65. The van der Waals surface area contributed by atoms with E-state index in [1.165, 1.54) is 90.0 Å². The fraction of sp³-hybridized carbons (Fsp3) is 1.00. The molecule has 21 heavy (non-hydrogen) atoms. The molecule has 2 aliphatic rings. The predicted molar refractivity (Wildman–Crippen MR) is 90.5 cm³/mol. The third-order valence-corrected chi connectivity index (χ3v) is 5.62. The number of nitrogens with one attached hydrogen (secondary N) is 1. The molecule has 2 nitrogen and oxygen atoms in total. The van der Waals surface area contributed by atoms with E-state index >= 15 is 0 Å². The lowest BCUT2D eigenvalue weighted by molar-refractivity contribution is 0.107. The van der Waals surface area contributed by atoms with Crippen molar-refractivity contribution < 1.29 is 5.11 Å². The first-order chi connectivity index (χ1) is 10.3. The van der Waals surface area contributed by atoms with Crippen molar-refractivity contribution in [3.63, 3.8) is 0 Å². The monoisotopic (exact) mass is 295 g/mol. The number of hydrogen-bond acceptors (Lipinski definition) is 2. The Morgan fingerprint density at radius 2 is 1.10 bits per heavy atom. The van der Waals surface area contributed by atoms with E-state index in [1.807, 2.05) is 0 Å². The van der Waals surface area contributed by atoms with Gasteiger partial charge in [-0.1, -0.05) is 57.8 Å². The van der Waals surface area contributed by atoms with Gasteiger partial charge in [-0.25, -0.2) is 0 Å². The minimum absolute atomic E-state index is 0.0115. The van der Waals surface area contributed by atoms with Crippen LogP contribution in [0.4, 0.5) is 0 Å². The van der Waals surface area contributed by atoms with Crippen LogP contribution in [0.5, 0.6) is 0 Å². The number of hydrogen-bond donors (Lipinski definition) is 2. The van der Waals surface area contributed by atoms with Gasteiger partial charge in [0.2, 0.25) is 0 Å². The van der Waals surface area contributed by atoms with Gasteiger partial charge in [0, 0.05) is 6.04 Å². The van der Waals surface area contributed by atoms with Crippen LogP contribution in [-0.2, 0) is 0 Å². The number of rotatable bonds is 3. The van der Waals surface area contributed by atoms with E-state index in [0.717, 1.165) is 24.8 Å². The van der Waals surface area contributed by atoms with Crippen molar-refractivity contribution in [2.24, 2.45) is 5.92 Å². The summed E-state index contributed by atoms with van der Waals surface area (Å²) >= 11 is 0. The quantitative estimate of drug-likeness (QED) is 0.784. The van der Waals surface area contributed by atoms with Crippen LogP contribution >= 0.6 is 0 Å². The Morgan fingerprint density at radius 1 is 0.619 bits per heavy atom. The van der Waals surface area contributed by atoms with Crippen LogP contribution in [0.3, 0.4) is 0 Å².